The number of methoxy groups -OCH3 is 1. The molecule has 0 aliphatic rings. The summed E-state index contributed by atoms with van der Waals surface area (Å²) in [6.07, 6.45) is 0. The van der Waals surface area contributed by atoms with Gasteiger partial charge in [-0.05, 0) is 36.8 Å². The molecule has 0 saturated heterocycles. The summed E-state index contributed by atoms with van der Waals surface area (Å²) >= 11 is 0. The molecule has 0 heterocycles. The van der Waals surface area contributed by atoms with E-state index in [0.29, 0.717) is 11.4 Å². The first-order valence-electron chi connectivity index (χ1n) is 6.63. The summed E-state index contributed by atoms with van der Waals surface area (Å²) in [6.45, 7) is 1.89. The Morgan fingerprint density at radius 3 is 2.59 bits per heavy atom. The third kappa shape index (κ3) is 3.94. The molecule has 0 fully saturated rings. The lowest BCUT2D eigenvalue weighted by Crippen LogP contribution is -2.22. The Hall–Kier alpha value is -2.63. The highest BCUT2D eigenvalue weighted by Gasteiger charge is 2.08. The number of carbonyl (C=O) groups is 1. The van der Waals surface area contributed by atoms with E-state index < -0.39 is 11.6 Å². The van der Waals surface area contributed by atoms with Crippen molar-refractivity contribution in [3.8, 4) is 5.75 Å². The lowest BCUT2D eigenvalue weighted by atomic mass is 10.2. The maximum absolute atomic E-state index is 13.1. The second-order valence-electron chi connectivity index (χ2n) is 4.73. The highest BCUT2D eigenvalue weighted by Crippen LogP contribution is 2.24. The van der Waals surface area contributed by atoms with E-state index in [1.165, 1.54) is 13.2 Å². The predicted molar refractivity (Wildman–Crippen MR) is 81.2 cm³/mol. The highest BCUT2D eigenvalue weighted by molar-refractivity contribution is 5.93. The maximum Gasteiger partial charge on any atom is 0.243 e. The SMILES string of the molecule is COc1ccc(C)cc1NCC(=O)Nc1ccc(F)c(F)c1. The molecule has 0 radical (unpaired) electrons. The number of benzene rings is 2. The summed E-state index contributed by atoms with van der Waals surface area (Å²) in [5.74, 6) is -1.73. The normalized spacial score (nSPS) is 10.2. The molecule has 0 aliphatic heterocycles. The lowest BCUT2D eigenvalue weighted by Gasteiger charge is -2.12. The number of ether oxygens (including phenoxy) is 1. The zero-order chi connectivity index (χ0) is 16.1. The number of halogens is 2. The molecule has 1 amide bonds. The number of rotatable bonds is 5. The van der Waals surface area contributed by atoms with Crippen LogP contribution >= 0.6 is 0 Å². The molecule has 0 aromatic heterocycles. The predicted octanol–water partition coefficient (Wildman–Crippen LogP) is 3.33. The number of aryl methyl sites for hydroxylation is 1. The van der Waals surface area contributed by atoms with Gasteiger partial charge in [0.25, 0.3) is 0 Å². The van der Waals surface area contributed by atoms with Gasteiger partial charge in [0.15, 0.2) is 11.6 Å². The van der Waals surface area contributed by atoms with Crippen molar-refractivity contribution in [3.63, 3.8) is 0 Å². The Morgan fingerprint density at radius 1 is 1.14 bits per heavy atom. The van der Waals surface area contributed by atoms with Gasteiger partial charge < -0.3 is 15.4 Å². The van der Waals surface area contributed by atoms with Crippen molar-refractivity contribution in [2.45, 2.75) is 6.92 Å². The van der Waals surface area contributed by atoms with Gasteiger partial charge in [0.05, 0.1) is 19.3 Å². The first-order valence-corrected chi connectivity index (χ1v) is 6.63. The molecule has 2 aromatic carbocycles. The van der Waals surface area contributed by atoms with Crippen molar-refractivity contribution in [3.05, 3.63) is 53.6 Å². The van der Waals surface area contributed by atoms with E-state index in [-0.39, 0.29) is 18.1 Å². The second-order valence-corrected chi connectivity index (χ2v) is 4.73. The van der Waals surface area contributed by atoms with Crippen LogP contribution in [0.3, 0.4) is 0 Å². The van der Waals surface area contributed by atoms with Crippen LogP contribution in [0.25, 0.3) is 0 Å². The van der Waals surface area contributed by atoms with Crippen LogP contribution in [-0.2, 0) is 4.79 Å². The molecular weight excluding hydrogens is 290 g/mol. The van der Waals surface area contributed by atoms with Crippen LogP contribution in [0, 0.1) is 18.6 Å². The van der Waals surface area contributed by atoms with Crippen LogP contribution in [0.4, 0.5) is 20.2 Å². The van der Waals surface area contributed by atoms with Crippen LogP contribution < -0.4 is 15.4 Å². The minimum absolute atomic E-state index is 0.0290. The molecule has 2 N–H and O–H groups in total. The van der Waals surface area contributed by atoms with Crippen molar-refractivity contribution in [1.82, 2.24) is 0 Å². The highest BCUT2D eigenvalue weighted by atomic mass is 19.2. The molecular formula is C16H16F2N2O2. The molecule has 0 atom stereocenters. The zero-order valence-electron chi connectivity index (χ0n) is 12.2. The van der Waals surface area contributed by atoms with Crippen molar-refractivity contribution in [1.29, 1.82) is 0 Å². The van der Waals surface area contributed by atoms with Gasteiger partial charge in [-0.25, -0.2) is 8.78 Å². The van der Waals surface area contributed by atoms with E-state index in [9.17, 15) is 13.6 Å². The Labute approximate surface area is 127 Å². The van der Waals surface area contributed by atoms with E-state index in [2.05, 4.69) is 10.6 Å². The van der Waals surface area contributed by atoms with Gasteiger partial charge in [-0.15, -0.1) is 0 Å². The molecule has 6 heteroatoms. The molecule has 0 aliphatic carbocycles. The van der Waals surface area contributed by atoms with Gasteiger partial charge in [-0.2, -0.15) is 0 Å². The van der Waals surface area contributed by atoms with Gasteiger partial charge in [0, 0.05) is 11.8 Å². The van der Waals surface area contributed by atoms with Crippen molar-refractivity contribution >= 4 is 17.3 Å². The van der Waals surface area contributed by atoms with Crippen LogP contribution in [0.15, 0.2) is 36.4 Å². The van der Waals surface area contributed by atoms with Crippen molar-refractivity contribution in [2.24, 2.45) is 0 Å². The Balaban J connectivity index is 1.98. The largest absolute Gasteiger partial charge is 0.495 e. The Bertz CT molecular complexity index is 690. The molecule has 0 spiro atoms. The smallest absolute Gasteiger partial charge is 0.243 e. The lowest BCUT2D eigenvalue weighted by molar-refractivity contribution is -0.114. The second kappa shape index (κ2) is 6.89. The van der Waals surface area contributed by atoms with E-state index in [1.54, 1.807) is 6.07 Å². The first kappa shape index (κ1) is 15.8. The summed E-state index contributed by atoms with van der Waals surface area (Å²) < 4.78 is 31.1. The fourth-order valence-corrected chi connectivity index (χ4v) is 1.91. The molecule has 4 nitrogen and oxygen atoms in total. The molecule has 116 valence electrons. The van der Waals surface area contributed by atoms with Crippen LogP contribution in [-0.4, -0.2) is 19.6 Å². The monoisotopic (exact) mass is 306 g/mol. The van der Waals surface area contributed by atoms with Crippen LogP contribution in [0.2, 0.25) is 0 Å². The maximum atomic E-state index is 13.1. The Kier molecular flexibility index (Phi) is 4.93. The third-order valence-electron chi connectivity index (χ3n) is 3.00. The van der Waals surface area contributed by atoms with Crippen LogP contribution in [0.5, 0.6) is 5.75 Å². The van der Waals surface area contributed by atoms with Gasteiger partial charge in [0.1, 0.15) is 5.75 Å². The van der Waals surface area contributed by atoms with E-state index in [4.69, 9.17) is 4.74 Å². The van der Waals surface area contributed by atoms with Gasteiger partial charge in [-0.3, -0.25) is 4.79 Å². The molecule has 0 unspecified atom stereocenters. The zero-order valence-corrected chi connectivity index (χ0v) is 12.2. The number of anilines is 2. The average Bonchev–Trinajstić information content (AvgIpc) is 2.49. The molecule has 0 bridgehead atoms. The fraction of sp³-hybridized carbons (Fsp3) is 0.188. The quantitative estimate of drug-likeness (QED) is 0.891. The van der Waals surface area contributed by atoms with Crippen molar-refractivity contribution < 1.29 is 18.3 Å². The number of hydrogen-bond acceptors (Lipinski definition) is 3. The summed E-state index contributed by atoms with van der Waals surface area (Å²) in [6, 6.07) is 8.73. The number of nitrogens with one attached hydrogen (secondary N) is 2. The minimum Gasteiger partial charge on any atom is -0.495 e. The number of amides is 1. The summed E-state index contributed by atoms with van der Waals surface area (Å²) in [5, 5.41) is 5.43. The van der Waals surface area contributed by atoms with E-state index in [1.807, 2.05) is 19.1 Å². The van der Waals surface area contributed by atoms with Gasteiger partial charge in [-0.1, -0.05) is 6.07 Å². The van der Waals surface area contributed by atoms with Crippen LogP contribution in [0.1, 0.15) is 5.56 Å². The molecule has 0 saturated carbocycles. The minimum atomic E-state index is -1.01. The number of carbonyl (C=O) groups excluding carboxylic acids is 1. The summed E-state index contributed by atoms with van der Waals surface area (Å²) in [7, 11) is 1.54. The standard InChI is InChI=1S/C16H16F2N2O2/c1-10-3-6-15(22-2)14(7-10)19-9-16(21)20-11-4-5-12(17)13(18)8-11/h3-8,19H,9H2,1-2H3,(H,20,21). The Morgan fingerprint density at radius 2 is 1.91 bits per heavy atom. The molecule has 22 heavy (non-hydrogen) atoms. The van der Waals surface area contributed by atoms with E-state index >= 15 is 0 Å². The molecule has 2 rings (SSSR count). The fourth-order valence-electron chi connectivity index (χ4n) is 1.91. The van der Waals surface area contributed by atoms with Crippen molar-refractivity contribution in [2.75, 3.05) is 24.3 Å². The first-order chi connectivity index (χ1) is 10.5. The average molecular weight is 306 g/mol. The molecule has 2 aromatic rings. The summed E-state index contributed by atoms with van der Waals surface area (Å²) in [4.78, 5) is 11.8. The van der Waals surface area contributed by atoms with Gasteiger partial charge in [0.2, 0.25) is 5.91 Å². The number of hydrogen-bond donors (Lipinski definition) is 2. The van der Waals surface area contributed by atoms with Gasteiger partial charge >= 0.3 is 0 Å². The summed E-state index contributed by atoms with van der Waals surface area (Å²) in [5.41, 5.74) is 1.90. The van der Waals surface area contributed by atoms with E-state index in [0.717, 1.165) is 17.7 Å². The third-order valence-corrected chi connectivity index (χ3v) is 3.00. The topological polar surface area (TPSA) is 50.4 Å².